The molecule has 8 heteroatoms. The number of hydrogen-bond donors (Lipinski definition) is 1. The second-order valence-electron chi connectivity index (χ2n) is 4.24. The van der Waals surface area contributed by atoms with E-state index in [0.717, 1.165) is 24.4 Å². The van der Waals surface area contributed by atoms with Gasteiger partial charge in [0.1, 0.15) is 9.84 Å². The van der Waals surface area contributed by atoms with Crippen LogP contribution in [-0.4, -0.2) is 46.5 Å². The van der Waals surface area contributed by atoms with Gasteiger partial charge in [-0.15, -0.1) is 0 Å². The molecule has 0 radical (unpaired) electrons. The van der Waals surface area contributed by atoms with Gasteiger partial charge >= 0.3 is 0 Å². The summed E-state index contributed by atoms with van der Waals surface area (Å²) in [5.41, 5.74) is 0. The molecule has 5 nitrogen and oxygen atoms in total. The summed E-state index contributed by atoms with van der Waals surface area (Å²) in [4.78, 5) is 0. The van der Waals surface area contributed by atoms with Crippen LogP contribution in [0, 0.1) is 5.92 Å². The Bertz CT molecular complexity index is 405. The molecule has 1 atom stereocenters. The lowest BCUT2D eigenvalue weighted by Gasteiger charge is -2.08. The second-order valence-corrected chi connectivity index (χ2v) is 9.08. The standard InChI is InChI=1S/C9H20BrNO4S2/c1-9(8-10)4-3-5-11-17(14,15)7-6-16(2,12)13/h9,11H,3-8H2,1-2H3. The summed E-state index contributed by atoms with van der Waals surface area (Å²) in [6.07, 6.45) is 2.71. The Labute approximate surface area is 112 Å². The first-order chi connectivity index (χ1) is 7.66. The molecular formula is C9H20BrNO4S2. The third kappa shape index (κ3) is 11.2. The molecule has 0 aromatic heterocycles. The SMILES string of the molecule is CC(CBr)CCCNS(=O)(=O)CCS(C)(=O)=O. The monoisotopic (exact) mass is 349 g/mol. The Kier molecular flexibility index (Phi) is 7.86. The summed E-state index contributed by atoms with van der Waals surface area (Å²) in [6, 6.07) is 0. The van der Waals surface area contributed by atoms with Crippen molar-refractivity contribution in [2.75, 3.05) is 29.6 Å². The van der Waals surface area contributed by atoms with Crippen LogP contribution in [0.3, 0.4) is 0 Å². The lowest BCUT2D eigenvalue weighted by molar-refractivity contribution is 0.546. The maximum absolute atomic E-state index is 11.4. The van der Waals surface area contributed by atoms with Crippen LogP contribution in [0.1, 0.15) is 19.8 Å². The molecule has 0 amide bonds. The van der Waals surface area contributed by atoms with E-state index < -0.39 is 19.9 Å². The van der Waals surface area contributed by atoms with Gasteiger partial charge in [-0.1, -0.05) is 22.9 Å². The Hall–Kier alpha value is 0.340. The van der Waals surface area contributed by atoms with E-state index in [0.29, 0.717) is 12.5 Å². The molecule has 1 unspecified atom stereocenters. The molecule has 0 spiro atoms. The minimum atomic E-state index is -3.46. The normalized spacial score (nSPS) is 14.8. The van der Waals surface area contributed by atoms with Crippen molar-refractivity contribution in [3.8, 4) is 0 Å². The summed E-state index contributed by atoms with van der Waals surface area (Å²) < 4.78 is 46.9. The first kappa shape index (κ1) is 17.3. The third-order valence-corrected chi connectivity index (χ3v) is 5.88. The van der Waals surface area contributed by atoms with Crippen molar-refractivity contribution in [2.24, 2.45) is 5.92 Å². The van der Waals surface area contributed by atoms with E-state index in [2.05, 4.69) is 27.6 Å². The molecule has 0 aliphatic rings. The van der Waals surface area contributed by atoms with Gasteiger partial charge in [0.15, 0.2) is 0 Å². The quantitative estimate of drug-likeness (QED) is 0.492. The lowest BCUT2D eigenvalue weighted by Crippen LogP contribution is -2.30. The number of sulfonamides is 1. The average Bonchev–Trinajstić information content (AvgIpc) is 2.20. The van der Waals surface area contributed by atoms with E-state index in [1.54, 1.807) is 0 Å². The van der Waals surface area contributed by atoms with Crippen LogP contribution in [-0.2, 0) is 19.9 Å². The van der Waals surface area contributed by atoms with Crippen molar-refractivity contribution in [3.63, 3.8) is 0 Å². The maximum Gasteiger partial charge on any atom is 0.212 e. The zero-order chi connectivity index (χ0) is 13.5. The van der Waals surface area contributed by atoms with Crippen LogP contribution in [0.5, 0.6) is 0 Å². The van der Waals surface area contributed by atoms with E-state index in [1.807, 2.05) is 0 Å². The number of halogens is 1. The largest absolute Gasteiger partial charge is 0.229 e. The predicted octanol–water partition coefficient (Wildman–Crippen LogP) is 0.762. The number of rotatable bonds is 9. The molecule has 0 aliphatic carbocycles. The van der Waals surface area contributed by atoms with Gasteiger partial charge in [-0.3, -0.25) is 0 Å². The molecule has 0 saturated heterocycles. The Morgan fingerprint density at radius 2 is 1.76 bits per heavy atom. The van der Waals surface area contributed by atoms with Crippen molar-refractivity contribution in [2.45, 2.75) is 19.8 Å². The molecule has 0 aliphatic heterocycles. The second kappa shape index (κ2) is 7.70. The molecule has 0 aromatic rings. The zero-order valence-corrected chi connectivity index (χ0v) is 13.4. The highest BCUT2D eigenvalue weighted by molar-refractivity contribution is 9.09. The Morgan fingerprint density at radius 3 is 2.24 bits per heavy atom. The highest BCUT2D eigenvalue weighted by Crippen LogP contribution is 2.07. The fraction of sp³-hybridized carbons (Fsp3) is 1.00. The van der Waals surface area contributed by atoms with Gasteiger partial charge in [0, 0.05) is 18.1 Å². The van der Waals surface area contributed by atoms with Crippen molar-refractivity contribution in [3.05, 3.63) is 0 Å². The van der Waals surface area contributed by atoms with E-state index >= 15 is 0 Å². The van der Waals surface area contributed by atoms with Gasteiger partial charge in [0.05, 0.1) is 11.5 Å². The van der Waals surface area contributed by atoms with Crippen LogP contribution >= 0.6 is 15.9 Å². The van der Waals surface area contributed by atoms with Crippen LogP contribution in [0.15, 0.2) is 0 Å². The van der Waals surface area contributed by atoms with E-state index in [9.17, 15) is 16.8 Å². The minimum Gasteiger partial charge on any atom is -0.229 e. The topological polar surface area (TPSA) is 80.3 Å². The fourth-order valence-corrected chi connectivity index (χ4v) is 4.10. The number of hydrogen-bond acceptors (Lipinski definition) is 4. The predicted molar refractivity (Wildman–Crippen MR) is 73.7 cm³/mol. The molecular weight excluding hydrogens is 330 g/mol. The maximum atomic E-state index is 11.4. The molecule has 0 rings (SSSR count). The summed E-state index contributed by atoms with van der Waals surface area (Å²) in [6.45, 7) is 2.44. The first-order valence-corrected chi connectivity index (χ1v) is 10.2. The van der Waals surface area contributed by atoms with Gasteiger partial charge < -0.3 is 0 Å². The van der Waals surface area contributed by atoms with Crippen LogP contribution in [0.2, 0.25) is 0 Å². The van der Waals surface area contributed by atoms with Gasteiger partial charge in [0.25, 0.3) is 0 Å². The summed E-state index contributed by atoms with van der Waals surface area (Å²) >= 11 is 3.35. The number of sulfone groups is 1. The van der Waals surface area contributed by atoms with Crippen molar-refractivity contribution in [1.29, 1.82) is 0 Å². The molecule has 0 saturated carbocycles. The molecule has 17 heavy (non-hydrogen) atoms. The van der Waals surface area contributed by atoms with Crippen molar-refractivity contribution < 1.29 is 16.8 Å². The summed E-state index contributed by atoms with van der Waals surface area (Å²) in [5, 5.41) is 0.897. The Balaban J connectivity index is 3.87. The molecule has 1 N–H and O–H groups in total. The van der Waals surface area contributed by atoms with Gasteiger partial charge in [0.2, 0.25) is 10.0 Å². The van der Waals surface area contributed by atoms with Crippen LogP contribution in [0.25, 0.3) is 0 Å². The minimum absolute atomic E-state index is 0.333. The Morgan fingerprint density at radius 1 is 1.18 bits per heavy atom. The van der Waals surface area contributed by atoms with Gasteiger partial charge in [-0.2, -0.15) is 0 Å². The summed E-state index contributed by atoms with van der Waals surface area (Å²) in [7, 11) is -6.69. The average molecular weight is 350 g/mol. The summed E-state index contributed by atoms with van der Waals surface area (Å²) in [5.74, 6) is -0.185. The first-order valence-electron chi connectivity index (χ1n) is 5.37. The van der Waals surface area contributed by atoms with Crippen LogP contribution in [0.4, 0.5) is 0 Å². The smallest absolute Gasteiger partial charge is 0.212 e. The lowest BCUT2D eigenvalue weighted by atomic mass is 10.1. The molecule has 104 valence electrons. The molecule has 0 aromatic carbocycles. The van der Waals surface area contributed by atoms with Crippen molar-refractivity contribution >= 4 is 35.8 Å². The van der Waals surface area contributed by atoms with Crippen LogP contribution < -0.4 is 4.72 Å². The highest BCUT2D eigenvalue weighted by atomic mass is 79.9. The highest BCUT2D eigenvalue weighted by Gasteiger charge is 2.13. The van der Waals surface area contributed by atoms with Gasteiger partial charge in [-0.25, -0.2) is 21.6 Å². The fourth-order valence-electron chi connectivity index (χ4n) is 1.09. The molecule has 0 heterocycles. The molecule has 0 bridgehead atoms. The number of nitrogens with one attached hydrogen (secondary N) is 1. The van der Waals surface area contributed by atoms with E-state index in [1.165, 1.54) is 0 Å². The molecule has 0 fully saturated rings. The van der Waals surface area contributed by atoms with Gasteiger partial charge in [-0.05, 0) is 18.8 Å². The third-order valence-electron chi connectivity index (χ3n) is 2.18. The van der Waals surface area contributed by atoms with Crippen molar-refractivity contribution in [1.82, 2.24) is 4.72 Å². The van der Waals surface area contributed by atoms with E-state index in [4.69, 9.17) is 0 Å². The number of alkyl halides is 1. The van der Waals surface area contributed by atoms with E-state index in [-0.39, 0.29) is 11.5 Å². The zero-order valence-electron chi connectivity index (χ0n) is 10.1.